The third-order valence-electron chi connectivity index (χ3n) is 4.41. The predicted molar refractivity (Wildman–Crippen MR) is 108 cm³/mol. The van der Waals surface area contributed by atoms with Gasteiger partial charge in [-0.1, -0.05) is 12.1 Å². The van der Waals surface area contributed by atoms with Gasteiger partial charge in [-0.3, -0.25) is 0 Å². The number of anilines is 2. The lowest BCUT2D eigenvalue weighted by molar-refractivity contribution is 0.414. The van der Waals surface area contributed by atoms with E-state index in [4.69, 9.17) is 9.84 Å². The Bertz CT molecular complexity index is 1090. The molecule has 2 aromatic carbocycles. The fourth-order valence-corrected chi connectivity index (χ4v) is 2.93. The molecule has 0 bridgehead atoms. The second kappa shape index (κ2) is 7.52. The van der Waals surface area contributed by atoms with Crippen LogP contribution in [0.2, 0.25) is 0 Å². The van der Waals surface area contributed by atoms with Gasteiger partial charge in [-0.25, -0.2) is 14.1 Å². The molecule has 2 aromatic heterocycles. The number of halogens is 1. The van der Waals surface area contributed by atoms with Crippen LogP contribution in [0.25, 0.3) is 16.9 Å². The van der Waals surface area contributed by atoms with Gasteiger partial charge in [0.1, 0.15) is 23.2 Å². The van der Waals surface area contributed by atoms with Crippen molar-refractivity contribution >= 4 is 11.6 Å². The molecule has 5 nitrogen and oxygen atoms in total. The Morgan fingerprint density at radius 1 is 1.00 bits per heavy atom. The van der Waals surface area contributed by atoms with Crippen LogP contribution in [0.5, 0.6) is 5.75 Å². The van der Waals surface area contributed by atoms with Crippen molar-refractivity contribution in [1.82, 2.24) is 14.8 Å². The quantitative estimate of drug-likeness (QED) is 0.526. The van der Waals surface area contributed by atoms with Crippen LogP contribution < -0.4 is 10.1 Å². The molecule has 0 radical (unpaired) electrons. The molecule has 6 heteroatoms. The number of hydrogen-bond donors (Lipinski definition) is 1. The number of rotatable bonds is 5. The van der Waals surface area contributed by atoms with E-state index in [1.54, 1.807) is 25.4 Å². The minimum absolute atomic E-state index is 0.279. The van der Waals surface area contributed by atoms with Crippen molar-refractivity contribution in [2.45, 2.75) is 6.92 Å². The van der Waals surface area contributed by atoms with Crippen molar-refractivity contribution in [3.05, 3.63) is 84.3 Å². The third kappa shape index (κ3) is 3.57. The van der Waals surface area contributed by atoms with Gasteiger partial charge in [0.15, 0.2) is 0 Å². The molecule has 4 rings (SSSR count). The van der Waals surface area contributed by atoms with E-state index in [0.717, 1.165) is 34.1 Å². The molecular weight excluding hydrogens is 355 g/mol. The number of benzene rings is 2. The molecule has 140 valence electrons. The highest BCUT2D eigenvalue weighted by Gasteiger charge is 2.14. The first-order valence-corrected chi connectivity index (χ1v) is 8.83. The number of pyridine rings is 1. The number of hydrogen-bond acceptors (Lipinski definition) is 4. The molecular formula is C22H19FN4O. The van der Waals surface area contributed by atoms with Gasteiger partial charge < -0.3 is 10.1 Å². The molecule has 0 aliphatic heterocycles. The summed E-state index contributed by atoms with van der Waals surface area (Å²) >= 11 is 0. The Labute approximate surface area is 162 Å². The van der Waals surface area contributed by atoms with Crippen LogP contribution in [0.3, 0.4) is 0 Å². The minimum atomic E-state index is -0.279. The molecule has 28 heavy (non-hydrogen) atoms. The van der Waals surface area contributed by atoms with Gasteiger partial charge in [-0.2, -0.15) is 5.10 Å². The smallest absolute Gasteiger partial charge is 0.135 e. The molecule has 0 atom stereocenters. The first kappa shape index (κ1) is 17.7. The zero-order chi connectivity index (χ0) is 19.5. The van der Waals surface area contributed by atoms with Crippen molar-refractivity contribution in [3.63, 3.8) is 0 Å². The van der Waals surface area contributed by atoms with Crippen LogP contribution in [0, 0.1) is 12.7 Å². The molecule has 0 aliphatic rings. The number of nitrogens with one attached hydrogen (secondary N) is 1. The van der Waals surface area contributed by atoms with Crippen LogP contribution >= 0.6 is 0 Å². The van der Waals surface area contributed by atoms with E-state index in [0.29, 0.717) is 5.82 Å². The van der Waals surface area contributed by atoms with E-state index in [1.165, 1.54) is 12.1 Å². The Balaban J connectivity index is 1.84. The maximum atomic E-state index is 13.3. The molecule has 2 heterocycles. The minimum Gasteiger partial charge on any atom is -0.497 e. The van der Waals surface area contributed by atoms with Gasteiger partial charge in [-0.15, -0.1) is 0 Å². The zero-order valence-electron chi connectivity index (χ0n) is 15.6. The van der Waals surface area contributed by atoms with E-state index in [-0.39, 0.29) is 5.82 Å². The van der Waals surface area contributed by atoms with Crippen molar-refractivity contribution in [2.75, 3.05) is 12.4 Å². The number of methoxy groups -OCH3 is 1. The summed E-state index contributed by atoms with van der Waals surface area (Å²) in [7, 11) is 1.63. The zero-order valence-corrected chi connectivity index (χ0v) is 15.6. The van der Waals surface area contributed by atoms with Gasteiger partial charge in [0.25, 0.3) is 0 Å². The molecule has 0 fully saturated rings. The average molecular weight is 374 g/mol. The largest absolute Gasteiger partial charge is 0.497 e. The topological polar surface area (TPSA) is 52.0 Å². The molecule has 0 amide bonds. The van der Waals surface area contributed by atoms with Crippen LogP contribution in [0.1, 0.15) is 5.56 Å². The molecule has 0 saturated carbocycles. The van der Waals surface area contributed by atoms with Crippen LogP contribution in [-0.4, -0.2) is 21.9 Å². The summed E-state index contributed by atoms with van der Waals surface area (Å²) in [5.41, 5.74) is 3.47. The summed E-state index contributed by atoms with van der Waals surface area (Å²) < 4.78 is 20.5. The lowest BCUT2D eigenvalue weighted by Crippen LogP contribution is -2.05. The molecule has 0 aliphatic carbocycles. The number of ether oxygens (including phenoxy) is 1. The van der Waals surface area contributed by atoms with E-state index >= 15 is 0 Å². The first-order valence-electron chi connectivity index (χ1n) is 8.83. The predicted octanol–water partition coefficient (Wildman–Crippen LogP) is 5.13. The Hall–Kier alpha value is -3.67. The van der Waals surface area contributed by atoms with E-state index in [2.05, 4.69) is 10.3 Å². The highest BCUT2D eigenvalue weighted by atomic mass is 19.1. The van der Waals surface area contributed by atoms with Crippen LogP contribution in [0.15, 0.2) is 72.9 Å². The highest BCUT2D eigenvalue weighted by molar-refractivity contribution is 5.68. The van der Waals surface area contributed by atoms with Gasteiger partial charge in [0.05, 0.1) is 18.5 Å². The van der Waals surface area contributed by atoms with Crippen molar-refractivity contribution in [3.8, 4) is 22.7 Å². The lowest BCUT2D eigenvalue weighted by atomic mass is 10.1. The third-order valence-corrected chi connectivity index (χ3v) is 4.41. The Morgan fingerprint density at radius 3 is 2.54 bits per heavy atom. The lowest BCUT2D eigenvalue weighted by Gasteiger charge is -2.12. The monoisotopic (exact) mass is 374 g/mol. The highest BCUT2D eigenvalue weighted by Crippen LogP contribution is 2.29. The standard InChI is InChI=1S/C22H19FN4O/c1-15-6-11-18(28-2)13-20(15)27-22(25-21-5-3-4-12-24-21)14-19(26-27)16-7-9-17(23)10-8-16/h3-14H,1-2H3,(H,24,25). The Morgan fingerprint density at radius 2 is 1.82 bits per heavy atom. The number of aryl methyl sites for hydroxylation is 1. The van der Waals surface area contributed by atoms with Crippen molar-refractivity contribution < 1.29 is 9.13 Å². The van der Waals surface area contributed by atoms with Gasteiger partial charge in [0, 0.05) is 23.9 Å². The van der Waals surface area contributed by atoms with Crippen LogP contribution in [-0.2, 0) is 0 Å². The number of nitrogens with zero attached hydrogens (tertiary/aromatic N) is 3. The molecule has 1 N–H and O–H groups in total. The van der Waals surface area contributed by atoms with E-state index in [1.807, 2.05) is 54.1 Å². The Kier molecular flexibility index (Phi) is 4.76. The second-order valence-corrected chi connectivity index (χ2v) is 6.33. The van der Waals surface area contributed by atoms with Crippen LogP contribution in [0.4, 0.5) is 16.0 Å². The maximum absolute atomic E-state index is 13.3. The first-order chi connectivity index (χ1) is 13.6. The van der Waals surface area contributed by atoms with E-state index in [9.17, 15) is 4.39 Å². The van der Waals surface area contributed by atoms with E-state index < -0.39 is 0 Å². The summed E-state index contributed by atoms with van der Waals surface area (Å²) in [5.74, 6) is 1.91. The molecule has 0 saturated heterocycles. The molecule has 0 unspecified atom stereocenters. The SMILES string of the molecule is COc1ccc(C)c(-n2nc(-c3ccc(F)cc3)cc2Nc2ccccn2)c1. The van der Waals surface area contributed by atoms with Gasteiger partial charge in [-0.05, 0) is 55.0 Å². The summed E-state index contributed by atoms with van der Waals surface area (Å²) in [5, 5.41) is 8.07. The van der Waals surface area contributed by atoms with Gasteiger partial charge in [0.2, 0.25) is 0 Å². The fraction of sp³-hybridized carbons (Fsp3) is 0.0909. The average Bonchev–Trinajstić information content (AvgIpc) is 3.13. The van der Waals surface area contributed by atoms with Crippen molar-refractivity contribution in [1.29, 1.82) is 0 Å². The maximum Gasteiger partial charge on any atom is 0.135 e. The summed E-state index contributed by atoms with van der Waals surface area (Å²) in [4.78, 5) is 4.33. The normalized spacial score (nSPS) is 10.7. The van der Waals surface area contributed by atoms with Gasteiger partial charge >= 0.3 is 0 Å². The molecule has 0 spiro atoms. The van der Waals surface area contributed by atoms with Crippen molar-refractivity contribution in [2.24, 2.45) is 0 Å². The summed E-state index contributed by atoms with van der Waals surface area (Å²) in [6.07, 6.45) is 1.72. The summed E-state index contributed by atoms with van der Waals surface area (Å²) in [6, 6.07) is 19.7. The fourth-order valence-electron chi connectivity index (χ4n) is 2.93. The summed E-state index contributed by atoms with van der Waals surface area (Å²) in [6.45, 7) is 2.01. The number of aromatic nitrogens is 3. The second-order valence-electron chi connectivity index (χ2n) is 6.33. The molecule has 4 aromatic rings.